The van der Waals surface area contributed by atoms with E-state index >= 15 is 0 Å². The highest BCUT2D eigenvalue weighted by Gasteiger charge is 2.42. The van der Waals surface area contributed by atoms with Crippen LogP contribution < -0.4 is 0 Å². The van der Waals surface area contributed by atoms with Crippen molar-refractivity contribution >= 4 is 0 Å². The summed E-state index contributed by atoms with van der Waals surface area (Å²) in [5.41, 5.74) is 1.58. The number of rotatable bonds is 1. The Kier molecular flexibility index (Phi) is 1.95. The molecule has 1 saturated heterocycles. The van der Waals surface area contributed by atoms with Gasteiger partial charge in [0.05, 0.1) is 12.9 Å². The zero-order chi connectivity index (χ0) is 9.47. The Bertz CT molecular complexity index is 269. The average molecular weight is 179 g/mol. The number of likely N-dealkylation sites (N-methyl/N-ethyl adjacent to an activating group) is 1. The summed E-state index contributed by atoms with van der Waals surface area (Å²) in [7, 11) is 3.93. The van der Waals surface area contributed by atoms with Crippen LogP contribution in [0.25, 0.3) is 0 Å². The minimum absolute atomic E-state index is 0.239. The minimum atomic E-state index is 0.239. The van der Waals surface area contributed by atoms with Gasteiger partial charge in [-0.2, -0.15) is 0 Å². The van der Waals surface area contributed by atoms with E-state index in [0.717, 1.165) is 25.1 Å². The third-order valence-electron chi connectivity index (χ3n) is 3.27. The first-order valence-corrected chi connectivity index (χ1v) is 4.80. The number of methoxy groups -OCH3 is 1. The second kappa shape index (κ2) is 2.88. The topological polar surface area (TPSA) is 12.5 Å². The van der Waals surface area contributed by atoms with E-state index in [2.05, 4.69) is 24.6 Å². The molecule has 1 heterocycles. The van der Waals surface area contributed by atoms with Gasteiger partial charge in [-0.25, -0.2) is 0 Å². The Morgan fingerprint density at radius 2 is 2.38 bits per heavy atom. The van der Waals surface area contributed by atoms with Gasteiger partial charge in [0.2, 0.25) is 0 Å². The van der Waals surface area contributed by atoms with E-state index in [1.54, 1.807) is 7.11 Å². The monoisotopic (exact) mass is 179 g/mol. The van der Waals surface area contributed by atoms with Crippen LogP contribution in [0.3, 0.4) is 0 Å². The molecule has 1 spiro atoms. The zero-order valence-electron chi connectivity index (χ0n) is 8.47. The summed E-state index contributed by atoms with van der Waals surface area (Å²) in [6, 6.07) is 0. The van der Waals surface area contributed by atoms with Gasteiger partial charge in [-0.05, 0) is 26.0 Å². The van der Waals surface area contributed by atoms with Crippen LogP contribution in [-0.4, -0.2) is 31.1 Å². The molecule has 0 aromatic heterocycles. The van der Waals surface area contributed by atoms with Crippen molar-refractivity contribution in [3.63, 3.8) is 0 Å². The van der Waals surface area contributed by atoms with Gasteiger partial charge >= 0.3 is 0 Å². The molecule has 0 saturated carbocycles. The zero-order valence-corrected chi connectivity index (χ0v) is 8.47. The number of allylic oxidation sites excluding steroid dienone is 1. The van der Waals surface area contributed by atoms with Crippen molar-refractivity contribution in [2.45, 2.75) is 24.8 Å². The molecular weight excluding hydrogens is 162 g/mol. The Labute approximate surface area is 79.9 Å². The lowest BCUT2D eigenvalue weighted by Crippen LogP contribution is -2.37. The summed E-state index contributed by atoms with van der Waals surface area (Å²) in [6.07, 6.45) is 5.65. The molecule has 0 amide bonds. The Hall–Kier alpha value is -0.760. The molecule has 2 rings (SSSR count). The van der Waals surface area contributed by atoms with Gasteiger partial charge in [-0.15, -0.1) is 0 Å². The second-order valence-electron chi connectivity index (χ2n) is 4.20. The number of hydrogen-bond acceptors (Lipinski definition) is 2. The third kappa shape index (κ3) is 1.29. The summed E-state index contributed by atoms with van der Waals surface area (Å²) in [6.45, 7) is 5.10. The summed E-state index contributed by atoms with van der Waals surface area (Å²) < 4.78 is 5.29. The van der Waals surface area contributed by atoms with E-state index in [9.17, 15) is 0 Å². The molecule has 1 aliphatic carbocycles. The molecule has 2 aliphatic rings. The first kappa shape index (κ1) is 8.82. The first-order chi connectivity index (χ1) is 6.16. The Morgan fingerprint density at radius 3 is 2.85 bits per heavy atom. The van der Waals surface area contributed by atoms with Gasteiger partial charge in [0, 0.05) is 18.5 Å². The molecule has 2 heteroatoms. The minimum Gasteiger partial charge on any atom is -0.501 e. The maximum atomic E-state index is 5.29. The van der Waals surface area contributed by atoms with Crippen molar-refractivity contribution in [2.24, 2.45) is 0 Å². The van der Waals surface area contributed by atoms with Crippen LogP contribution in [0, 0.1) is 0 Å². The summed E-state index contributed by atoms with van der Waals surface area (Å²) in [4.78, 5) is 2.39. The molecule has 2 nitrogen and oxygen atoms in total. The van der Waals surface area contributed by atoms with Crippen LogP contribution in [0.1, 0.15) is 19.3 Å². The van der Waals surface area contributed by atoms with Crippen LogP contribution in [0.4, 0.5) is 0 Å². The van der Waals surface area contributed by atoms with Crippen LogP contribution in [-0.2, 0) is 4.74 Å². The number of nitrogens with zero attached hydrogens (tertiary/aromatic N) is 1. The van der Waals surface area contributed by atoms with Crippen molar-refractivity contribution in [1.82, 2.24) is 4.90 Å². The smallest absolute Gasteiger partial charge is 0.0935 e. The molecule has 13 heavy (non-hydrogen) atoms. The number of likely N-dealkylation sites (tertiary alicyclic amines) is 1. The lowest BCUT2D eigenvalue weighted by molar-refractivity contribution is 0.227. The molecule has 0 aromatic rings. The van der Waals surface area contributed by atoms with Gasteiger partial charge in [0.15, 0.2) is 0 Å². The lowest BCUT2D eigenvalue weighted by atomic mass is 9.95. The molecule has 1 aliphatic heterocycles. The highest BCUT2D eigenvalue weighted by Crippen LogP contribution is 2.41. The van der Waals surface area contributed by atoms with E-state index in [0.29, 0.717) is 0 Å². The molecule has 0 radical (unpaired) electrons. The molecule has 0 aromatic carbocycles. The van der Waals surface area contributed by atoms with Crippen LogP contribution in [0.5, 0.6) is 0 Å². The summed E-state index contributed by atoms with van der Waals surface area (Å²) in [5.74, 6) is 1.14. The summed E-state index contributed by atoms with van der Waals surface area (Å²) in [5, 5.41) is 0. The van der Waals surface area contributed by atoms with E-state index in [4.69, 9.17) is 4.74 Å². The third-order valence-corrected chi connectivity index (χ3v) is 3.27. The molecule has 0 bridgehead atoms. The van der Waals surface area contributed by atoms with Gasteiger partial charge in [0.25, 0.3) is 0 Å². The van der Waals surface area contributed by atoms with E-state index < -0.39 is 0 Å². The molecule has 72 valence electrons. The fraction of sp³-hybridized carbons (Fsp3) is 0.636. The van der Waals surface area contributed by atoms with Gasteiger partial charge < -0.3 is 4.74 Å². The van der Waals surface area contributed by atoms with Crippen molar-refractivity contribution in [2.75, 3.05) is 20.7 Å². The van der Waals surface area contributed by atoms with Gasteiger partial charge in [0.1, 0.15) is 0 Å². The van der Waals surface area contributed by atoms with Crippen LogP contribution in [0.2, 0.25) is 0 Å². The maximum Gasteiger partial charge on any atom is 0.0935 e. The largest absolute Gasteiger partial charge is 0.501 e. The highest BCUT2D eigenvalue weighted by molar-refractivity contribution is 5.27. The standard InChI is InChI=1S/C11H17NO/c1-9-6-11(12(2)8-9)5-4-10(7-11)13-3/h7H,1,4-6,8H2,2-3H3. The average Bonchev–Trinajstić information content (AvgIpc) is 2.59. The maximum absolute atomic E-state index is 5.29. The SMILES string of the molecule is C=C1CN(C)C2(C=C(OC)CC2)C1. The molecule has 1 atom stereocenters. The normalized spacial score (nSPS) is 34.3. The van der Waals surface area contributed by atoms with Crippen LogP contribution >= 0.6 is 0 Å². The molecular formula is C11H17NO. The predicted molar refractivity (Wildman–Crippen MR) is 53.4 cm³/mol. The highest BCUT2D eigenvalue weighted by atomic mass is 16.5. The predicted octanol–water partition coefficient (Wildman–Crippen LogP) is 1.94. The molecule has 0 N–H and O–H groups in total. The van der Waals surface area contributed by atoms with E-state index in [1.807, 2.05) is 0 Å². The fourth-order valence-corrected chi connectivity index (χ4v) is 2.50. The fourth-order valence-electron chi connectivity index (χ4n) is 2.50. The van der Waals surface area contributed by atoms with Crippen molar-refractivity contribution in [3.05, 3.63) is 24.0 Å². The van der Waals surface area contributed by atoms with E-state index in [-0.39, 0.29) is 5.54 Å². The Morgan fingerprint density at radius 1 is 1.62 bits per heavy atom. The molecule has 1 unspecified atom stereocenters. The van der Waals surface area contributed by atoms with Crippen molar-refractivity contribution in [3.8, 4) is 0 Å². The second-order valence-corrected chi connectivity index (χ2v) is 4.20. The van der Waals surface area contributed by atoms with Crippen LogP contribution in [0.15, 0.2) is 24.0 Å². The summed E-state index contributed by atoms with van der Waals surface area (Å²) >= 11 is 0. The van der Waals surface area contributed by atoms with E-state index in [1.165, 1.54) is 12.0 Å². The van der Waals surface area contributed by atoms with Crippen molar-refractivity contribution in [1.29, 1.82) is 0 Å². The number of ether oxygens (including phenoxy) is 1. The quantitative estimate of drug-likeness (QED) is 0.570. The van der Waals surface area contributed by atoms with Gasteiger partial charge in [-0.3, -0.25) is 4.90 Å². The number of hydrogen-bond donors (Lipinski definition) is 0. The Balaban J connectivity index is 2.23. The first-order valence-electron chi connectivity index (χ1n) is 4.80. The van der Waals surface area contributed by atoms with Gasteiger partial charge in [-0.1, -0.05) is 12.2 Å². The molecule has 1 fully saturated rings. The lowest BCUT2D eigenvalue weighted by Gasteiger charge is -2.28. The van der Waals surface area contributed by atoms with Crippen molar-refractivity contribution < 1.29 is 4.74 Å².